The third-order valence-corrected chi connectivity index (χ3v) is 10.5. The minimum Gasteiger partial charge on any atom is -0.318 e. The lowest BCUT2D eigenvalue weighted by molar-refractivity contribution is -0.122. The number of aromatic nitrogens is 1. The van der Waals surface area contributed by atoms with E-state index in [1.54, 1.807) is 6.08 Å². The normalized spacial score (nSPS) is 28.1. The second kappa shape index (κ2) is 9.52. The van der Waals surface area contributed by atoms with E-state index in [-0.39, 0.29) is 10.7 Å². The Kier molecular flexibility index (Phi) is 6.13. The van der Waals surface area contributed by atoms with Crippen LogP contribution < -0.4 is 10.2 Å². The Morgan fingerprint density at radius 1 is 0.878 bits per heavy atom. The largest absolute Gasteiger partial charge is 0.318 e. The van der Waals surface area contributed by atoms with E-state index in [4.69, 9.17) is 12.2 Å². The Balaban J connectivity index is 1.20. The van der Waals surface area contributed by atoms with Gasteiger partial charge in [-0.2, -0.15) is 0 Å². The lowest BCUT2D eigenvalue weighted by atomic mass is 9.48. The molecule has 2 amide bonds. The fourth-order valence-electron chi connectivity index (χ4n) is 8.75. The molecule has 1 aromatic heterocycles. The molecule has 4 bridgehead atoms. The van der Waals surface area contributed by atoms with Gasteiger partial charge in [0, 0.05) is 17.1 Å². The quantitative estimate of drug-likeness (QED) is 0.211. The molecule has 1 aliphatic heterocycles. The lowest BCUT2D eigenvalue weighted by Gasteiger charge is -2.57. The fraction of sp³-hybridized carbons (Fsp3) is 0.400. The summed E-state index contributed by atoms with van der Waals surface area (Å²) in [6.07, 6.45) is 10.1. The van der Waals surface area contributed by atoms with Crippen LogP contribution in [0.25, 0.3) is 11.8 Å². The van der Waals surface area contributed by atoms with Crippen molar-refractivity contribution in [3.05, 3.63) is 87.7 Å². The summed E-state index contributed by atoms with van der Waals surface area (Å²) in [6, 6.07) is 17.2. The summed E-state index contributed by atoms with van der Waals surface area (Å²) < 4.78 is 2.22. The molecule has 8 rings (SSSR count). The van der Waals surface area contributed by atoms with E-state index in [2.05, 4.69) is 41.1 Å². The minimum absolute atomic E-state index is 0.0805. The number of hydrogen-bond donors (Lipinski definition) is 1. The molecule has 0 spiro atoms. The summed E-state index contributed by atoms with van der Waals surface area (Å²) in [5.41, 5.74) is 8.59. The zero-order chi connectivity index (χ0) is 28.6. The topological polar surface area (TPSA) is 54.3 Å². The molecule has 5 nitrogen and oxygen atoms in total. The highest BCUT2D eigenvalue weighted by atomic mass is 32.1. The first-order valence-corrected chi connectivity index (χ1v) is 15.3. The van der Waals surface area contributed by atoms with Crippen molar-refractivity contribution in [2.75, 3.05) is 4.90 Å². The van der Waals surface area contributed by atoms with Crippen LogP contribution >= 0.6 is 12.2 Å². The van der Waals surface area contributed by atoms with Crippen LogP contribution in [0.2, 0.25) is 0 Å². The molecule has 2 heterocycles. The van der Waals surface area contributed by atoms with Crippen molar-refractivity contribution in [3.8, 4) is 5.69 Å². The highest BCUT2D eigenvalue weighted by Gasteiger charge is 2.51. The maximum Gasteiger partial charge on any atom is 0.270 e. The van der Waals surface area contributed by atoms with E-state index in [1.165, 1.54) is 49.0 Å². The Labute approximate surface area is 247 Å². The molecule has 5 aliphatic rings. The van der Waals surface area contributed by atoms with Gasteiger partial charge in [0.2, 0.25) is 0 Å². The Morgan fingerprint density at radius 3 is 2.15 bits per heavy atom. The first-order valence-electron chi connectivity index (χ1n) is 14.9. The van der Waals surface area contributed by atoms with Crippen molar-refractivity contribution in [2.45, 2.75) is 71.6 Å². The molecule has 4 aliphatic carbocycles. The predicted octanol–water partition coefficient (Wildman–Crippen LogP) is 7.01. The zero-order valence-corrected chi connectivity index (χ0v) is 25.1. The third kappa shape index (κ3) is 4.30. The summed E-state index contributed by atoms with van der Waals surface area (Å²) in [4.78, 5) is 28.1. The van der Waals surface area contributed by atoms with Crippen molar-refractivity contribution in [1.29, 1.82) is 0 Å². The van der Waals surface area contributed by atoms with Crippen LogP contribution in [-0.2, 0) is 15.0 Å². The number of benzene rings is 2. The molecule has 0 atom stereocenters. The molecule has 1 saturated heterocycles. The minimum atomic E-state index is -0.466. The van der Waals surface area contributed by atoms with E-state index < -0.39 is 11.8 Å². The second-order valence-corrected chi connectivity index (χ2v) is 13.5. The van der Waals surface area contributed by atoms with Crippen molar-refractivity contribution < 1.29 is 9.59 Å². The van der Waals surface area contributed by atoms with Crippen LogP contribution in [0.4, 0.5) is 5.69 Å². The van der Waals surface area contributed by atoms with Crippen LogP contribution in [0.5, 0.6) is 0 Å². The molecule has 210 valence electrons. The fourth-order valence-corrected chi connectivity index (χ4v) is 9.03. The van der Waals surface area contributed by atoms with Gasteiger partial charge >= 0.3 is 0 Å². The molecular weight excluding hydrogens is 526 g/mol. The Morgan fingerprint density at radius 2 is 1.51 bits per heavy atom. The van der Waals surface area contributed by atoms with Crippen molar-refractivity contribution >= 4 is 40.9 Å². The van der Waals surface area contributed by atoms with Crippen LogP contribution in [0.3, 0.4) is 0 Å². The van der Waals surface area contributed by atoms with Crippen molar-refractivity contribution in [2.24, 2.45) is 17.8 Å². The maximum atomic E-state index is 13.7. The number of nitrogens with one attached hydrogen (secondary N) is 1. The molecule has 3 aromatic rings. The zero-order valence-electron chi connectivity index (χ0n) is 24.3. The molecule has 4 saturated carbocycles. The second-order valence-electron chi connectivity index (χ2n) is 13.2. The number of nitrogens with zero attached hydrogens (tertiary/aromatic N) is 2. The molecule has 2 aromatic carbocycles. The molecule has 0 radical (unpaired) electrons. The molecule has 0 unspecified atom stereocenters. The smallest absolute Gasteiger partial charge is 0.270 e. The van der Waals surface area contributed by atoms with Crippen LogP contribution in [0.15, 0.2) is 54.1 Å². The number of carbonyl (C=O) groups excluding carboxylic acids is 2. The van der Waals surface area contributed by atoms with E-state index >= 15 is 0 Å². The number of amides is 2. The maximum absolute atomic E-state index is 13.7. The highest BCUT2D eigenvalue weighted by molar-refractivity contribution is 7.80. The van der Waals surface area contributed by atoms with Crippen LogP contribution in [0.1, 0.15) is 72.2 Å². The standard InChI is InChI=1S/C35H37N3O2S/c1-20-5-6-21(2)31(11-20)38-33(40)30(32(39)36-34(38)41)16-27-12-22(3)37(23(27)4)29-9-7-28(8-10-29)35-17-24-13-25(18-35)15-26(14-24)19-35/h5-12,16,24-26H,13-15,17-19H2,1-4H3,(H,36,39,41)/b30-16+. The van der Waals surface area contributed by atoms with Gasteiger partial charge in [0.15, 0.2) is 5.11 Å². The molecule has 1 N–H and O–H groups in total. The van der Waals surface area contributed by atoms with Gasteiger partial charge in [0.05, 0.1) is 5.69 Å². The summed E-state index contributed by atoms with van der Waals surface area (Å²) in [5.74, 6) is 1.89. The Bertz CT molecular complexity index is 1610. The number of aryl methyl sites for hydroxylation is 3. The number of anilines is 1. The molecule has 6 heteroatoms. The van der Waals surface area contributed by atoms with E-state index in [0.717, 1.165) is 51.5 Å². The van der Waals surface area contributed by atoms with Crippen molar-refractivity contribution in [1.82, 2.24) is 9.88 Å². The van der Waals surface area contributed by atoms with E-state index in [9.17, 15) is 9.59 Å². The number of hydrogen-bond acceptors (Lipinski definition) is 3. The lowest BCUT2D eigenvalue weighted by Crippen LogP contribution is -2.54. The average molecular weight is 564 g/mol. The first kappa shape index (κ1) is 26.4. The van der Waals surface area contributed by atoms with Gasteiger partial charge in [-0.1, -0.05) is 24.3 Å². The highest BCUT2D eigenvalue weighted by Crippen LogP contribution is 2.60. The van der Waals surface area contributed by atoms with Gasteiger partial charge in [-0.05, 0) is 154 Å². The molecule has 41 heavy (non-hydrogen) atoms. The van der Waals surface area contributed by atoms with Gasteiger partial charge in [0.1, 0.15) is 5.57 Å². The summed E-state index contributed by atoms with van der Waals surface area (Å²) in [6.45, 7) is 8.03. The van der Waals surface area contributed by atoms with Crippen molar-refractivity contribution in [3.63, 3.8) is 0 Å². The van der Waals surface area contributed by atoms with Crippen LogP contribution in [-0.4, -0.2) is 21.5 Å². The Hall–Kier alpha value is -3.51. The summed E-state index contributed by atoms with van der Waals surface area (Å²) in [5, 5.41) is 2.84. The molecular formula is C35H37N3O2S. The van der Waals surface area contributed by atoms with Gasteiger partial charge in [-0.3, -0.25) is 19.8 Å². The summed E-state index contributed by atoms with van der Waals surface area (Å²) in [7, 11) is 0. The van der Waals surface area contributed by atoms with E-state index in [1.807, 2.05) is 45.0 Å². The monoisotopic (exact) mass is 563 g/mol. The van der Waals surface area contributed by atoms with E-state index in [0.29, 0.717) is 11.1 Å². The van der Waals surface area contributed by atoms with Gasteiger partial charge in [0.25, 0.3) is 11.8 Å². The first-order chi connectivity index (χ1) is 19.6. The SMILES string of the molecule is Cc1ccc(C)c(N2C(=O)/C(=C/c3cc(C)n(-c4ccc(C56CC7CC(CC(C7)C5)C6)cc4)c3C)C(=O)NC2=S)c1. The van der Waals surface area contributed by atoms with Gasteiger partial charge in [-0.25, -0.2) is 0 Å². The average Bonchev–Trinajstić information content (AvgIpc) is 3.20. The third-order valence-electron chi connectivity index (χ3n) is 10.3. The molecule has 5 fully saturated rings. The predicted molar refractivity (Wildman–Crippen MR) is 167 cm³/mol. The number of carbonyl (C=O) groups is 2. The van der Waals surface area contributed by atoms with Gasteiger partial charge in [-0.15, -0.1) is 0 Å². The summed E-state index contributed by atoms with van der Waals surface area (Å²) >= 11 is 5.43. The number of rotatable bonds is 4. The number of thiocarbonyl (C=S) groups is 1. The van der Waals surface area contributed by atoms with Crippen LogP contribution in [0, 0.1) is 45.4 Å². The van der Waals surface area contributed by atoms with Gasteiger partial charge < -0.3 is 4.57 Å².